The van der Waals surface area contributed by atoms with Gasteiger partial charge in [-0.3, -0.25) is 0 Å². The smallest absolute Gasteiger partial charge is 0.112 e. The SMILES string of the molecule is CCc1nccn1-c1ccc(CBr)cc1Cl. The van der Waals surface area contributed by atoms with Gasteiger partial charge in [-0.1, -0.05) is 40.5 Å². The molecule has 1 aromatic carbocycles. The van der Waals surface area contributed by atoms with Crippen molar-refractivity contribution in [3.8, 4) is 5.69 Å². The van der Waals surface area contributed by atoms with Crippen molar-refractivity contribution in [2.45, 2.75) is 18.7 Å². The highest BCUT2D eigenvalue weighted by Gasteiger charge is 2.07. The number of halogens is 2. The number of nitrogens with zero attached hydrogens (tertiary/aromatic N) is 2. The van der Waals surface area contributed by atoms with Crippen LogP contribution in [0, 0.1) is 0 Å². The summed E-state index contributed by atoms with van der Waals surface area (Å²) in [5, 5.41) is 1.57. The van der Waals surface area contributed by atoms with Gasteiger partial charge in [-0.25, -0.2) is 4.98 Å². The molecule has 0 saturated carbocycles. The molecule has 0 fully saturated rings. The first kappa shape index (κ1) is 11.7. The van der Waals surface area contributed by atoms with Crippen LogP contribution in [0.3, 0.4) is 0 Å². The van der Waals surface area contributed by atoms with Crippen LogP contribution in [-0.2, 0) is 11.8 Å². The van der Waals surface area contributed by atoms with E-state index < -0.39 is 0 Å². The molecule has 84 valence electrons. The van der Waals surface area contributed by atoms with Gasteiger partial charge in [-0.05, 0) is 17.7 Å². The highest BCUT2D eigenvalue weighted by Crippen LogP contribution is 2.24. The van der Waals surface area contributed by atoms with Gasteiger partial charge >= 0.3 is 0 Å². The lowest BCUT2D eigenvalue weighted by Crippen LogP contribution is -2.00. The van der Waals surface area contributed by atoms with E-state index in [0.29, 0.717) is 0 Å². The fourth-order valence-electron chi connectivity index (χ4n) is 1.64. The van der Waals surface area contributed by atoms with Crippen LogP contribution >= 0.6 is 27.5 Å². The van der Waals surface area contributed by atoms with E-state index in [0.717, 1.165) is 28.3 Å². The summed E-state index contributed by atoms with van der Waals surface area (Å²) < 4.78 is 2.03. The zero-order valence-electron chi connectivity index (χ0n) is 8.95. The van der Waals surface area contributed by atoms with Crippen molar-refractivity contribution in [1.82, 2.24) is 9.55 Å². The molecule has 0 aliphatic heterocycles. The van der Waals surface area contributed by atoms with Gasteiger partial charge < -0.3 is 4.57 Å². The summed E-state index contributed by atoms with van der Waals surface area (Å²) >= 11 is 9.67. The Hall–Kier alpha value is -0.800. The first-order chi connectivity index (χ1) is 7.76. The maximum atomic E-state index is 6.26. The molecular weight excluding hydrogens is 288 g/mol. The van der Waals surface area contributed by atoms with E-state index in [1.807, 2.05) is 22.9 Å². The largest absolute Gasteiger partial charge is 0.302 e. The van der Waals surface area contributed by atoms with Gasteiger partial charge in [0.05, 0.1) is 10.7 Å². The number of benzene rings is 1. The second-order valence-corrected chi connectivity index (χ2v) is 4.45. The third-order valence-corrected chi connectivity index (χ3v) is 3.41. The lowest BCUT2D eigenvalue weighted by Gasteiger charge is -2.09. The summed E-state index contributed by atoms with van der Waals surface area (Å²) in [4.78, 5) is 4.29. The second-order valence-electron chi connectivity index (χ2n) is 3.49. The van der Waals surface area contributed by atoms with Crippen molar-refractivity contribution in [2.75, 3.05) is 0 Å². The molecule has 0 radical (unpaired) electrons. The van der Waals surface area contributed by atoms with Crippen LogP contribution in [0.2, 0.25) is 5.02 Å². The average molecular weight is 300 g/mol. The third-order valence-electron chi connectivity index (χ3n) is 2.46. The Morgan fingerprint density at radius 3 is 2.88 bits per heavy atom. The molecule has 1 aromatic heterocycles. The van der Waals surface area contributed by atoms with Gasteiger partial charge in [-0.15, -0.1) is 0 Å². The Morgan fingerprint density at radius 2 is 2.25 bits per heavy atom. The van der Waals surface area contributed by atoms with E-state index in [4.69, 9.17) is 11.6 Å². The molecule has 2 rings (SSSR count). The molecule has 0 amide bonds. The second kappa shape index (κ2) is 5.02. The summed E-state index contributed by atoms with van der Waals surface area (Å²) in [7, 11) is 0. The van der Waals surface area contributed by atoms with Crippen LogP contribution in [0.4, 0.5) is 0 Å². The first-order valence-electron chi connectivity index (χ1n) is 5.13. The van der Waals surface area contributed by atoms with Gasteiger partial charge in [0.15, 0.2) is 0 Å². The van der Waals surface area contributed by atoms with Crippen molar-refractivity contribution >= 4 is 27.5 Å². The molecule has 16 heavy (non-hydrogen) atoms. The van der Waals surface area contributed by atoms with Crippen LogP contribution in [0.15, 0.2) is 30.6 Å². The van der Waals surface area contributed by atoms with Crippen LogP contribution in [0.25, 0.3) is 5.69 Å². The van der Waals surface area contributed by atoms with Crippen LogP contribution in [0.1, 0.15) is 18.3 Å². The summed E-state index contributed by atoms with van der Waals surface area (Å²) in [6.45, 7) is 2.08. The minimum atomic E-state index is 0.754. The van der Waals surface area contributed by atoms with Gasteiger partial charge in [0.1, 0.15) is 5.82 Å². The fourth-order valence-corrected chi connectivity index (χ4v) is 2.29. The summed E-state index contributed by atoms with van der Waals surface area (Å²) in [5.74, 6) is 1.02. The number of aromatic nitrogens is 2. The molecule has 0 bridgehead atoms. The highest BCUT2D eigenvalue weighted by atomic mass is 79.9. The Bertz CT molecular complexity index is 494. The summed E-state index contributed by atoms with van der Waals surface area (Å²) in [5.41, 5.74) is 2.16. The molecule has 1 heterocycles. The Labute approximate surface area is 108 Å². The van der Waals surface area contributed by atoms with E-state index in [1.54, 1.807) is 6.20 Å². The highest BCUT2D eigenvalue weighted by molar-refractivity contribution is 9.08. The van der Waals surface area contributed by atoms with Crippen LogP contribution < -0.4 is 0 Å². The number of hydrogen-bond acceptors (Lipinski definition) is 1. The number of alkyl halides is 1. The van der Waals surface area contributed by atoms with E-state index in [1.165, 1.54) is 5.56 Å². The van der Waals surface area contributed by atoms with Gasteiger partial charge in [0.25, 0.3) is 0 Å². The predicted molar refractivity (Wildman–Crippen MR) is 70.6 cm³/mol. The van der Waals surface area contributed by atoms with Crippen LogP contribution in [0.5, 0.6) is 0 Å². The number of rotatable bonds is 3. The number of aryl methyl sites for hydroxylation is 1. The lowest BCUT2D eigenvalue weighted by atomic mass is 10.2. The number of imidazole rings is 1. The van der Waals surface area contributed by atoms with Crippen LogP contribution in [-0.4, -0.2) is 9.55 Å². The standard InChI is InChI=1S/C12H12BrClN2/c1-2-12-15-5-6-16(12)11-4-3-9(8-13)7-10(11)14/h3-7H,2,8H2,1H3. The van der Waals surface area contributed by atoms with E-state index in [2.05, 4.69) is 33.9 Å². The van der Waals surface area contributed by atoms with Gasteiger partial charge in [0, 0.05) is 24.1 Å². The minimum Gasteiger partial charge on any atom is -0.302 e. The van der Waals surface area contributed by atoms with E-state index >= 15 is 0 Å². The normalized spacial score (nSPS) is 10.7. The van der Waals surface area contributed by atoms with Crippen molar-refractivity contribution in [3.05, 3.63) is 47.0 Å². The molecule has 0 spiro atoms. The zero-order chi connectivity index (χ0) is 11.5. The Balaban J connectivity index is 2.48. The molecule has 0 aliphatic carbocycles. The third kappa shape index (κ3) is 2.15. The average Bonchev–Trinajstić information content (AvgIpc) is 2.76. The number of hydrogen-bond donors (Lipinski definition) is 0. The lowest BCUT2D eigenvalue weighted by molar-refractivity contribution is 0.891. The summed E-state index contributed by atoms with van der Waals surface area (Å²) in [6.07, 6.45) is 4.63. The van der Waals surface area contributed by atoms with Crippen molar-refractivity contribution in [2.24, 2.45) is 0 Å². The molecule has 0 unspecified atom stereocenters. The van der Waals surface area contributed by atoms with Crippen molar-refractivity contribution in [3.63, 3.8) is 0 Å². The minimum absolute atomic E-state index is 0.754. The van der Waals surface area contributed by atoms with Crippen molar-refractivity contribution < 1.29 is 0 Å². The monoisotopic (exact) mass is 298 g/mol. The van der Waals surface area contributed by atoms with Crippen molar-refractivity contribution in [1.29, 1.82) is 0 Å². The molecule has 0 atom stereocenters. The maximum Gasteiger partial charge on any atom is 0.112 e. The van der Waals surface area contributed by atoms with Gasteiger partial charge in [0.2, 0.25) is 0 Å². The molecule has 0 saturated heterocycles. The maximum absolute atomic E-state index is 6.26. The molecular formula is C12H12BrClN2. The zero-order valence-corrected chi connectivity index (χ0v) is 11.3. The Morgan fingerprint density at radius 1 is 1.44 bits per heavy atom. The quantitative estimate of drug-likeness (QED) is 0.784. The topological polar surface area (TPSA) is 17.8 Å². The predicted octanol–water partition coefficient (Wildman–Crippen LogP) is 3.98. The Kier molecular flexibility index (Phi) is 3.66. The summed E-state index contributed by atoms with van der Waals surface area (Å²) in [6, 6.07) is 6.07. The van der Waals surface area contributed by atoms with E-state index in [9.17, 15) is 0 Å². The molecule has 4 heteroatoms. The molecule has 0 N–H and O–H groups in total. The van der Waals surface area contributed by atoms with E-state index in [-0.39, 0.29) is 0 Å². The first-order valence-corrected chi connectivity index (χ1v) is 6.63. The van der Waals surface area contributed by atoms with Gasteiger partial charge in [-0.2, -0.15) is 0 Å². The fraction of sp³-hybridized carbons (Fsp3) is 0.250. The molecule has 2 nitrogen and oxygen atoms in total. The molecule has 0 aliphatic rings. The molecule has 2 aromatic rings.